The van der Waals surface area contributed by atoms with Gasteiger partial charge in [0.1, 0.15) is 11.8 Å². The number of carbonyl (C=O) groups excluding carboxylic acids is 1. The zero-order valence-corrected chi connectivity index (χ0v) is 20.4. The second-order valence-corrected chi connectivity index (χ2v) is 9.15. The Labute approximate surface area is 205 Å². The van der Waals surface area contributed by atoms with Gasteiger partial charge in [-0.15, -0.1) is 11.3 Å². The summed E-state index contributed by atoms with van der Waals surface area (Å²) in [5, 5.41) is 14.0. The van der Waals surface area contributed by atoms with Crippen LogP contribution >= 0.6 is 22.9 Å². The molecule has 0 spiro atoms. The van der Waals surface area contributed by atoms with E-state index in [0.29, 0.717) is 35.7 Å². The minimum absolute atomic E-state index is 0.209. The zero-order chi connectivity index (χ0) is 24.2. The van der Waals surface area contributed by atoms with E-state index in [1.165, 1.54) is 11.3 Å². The standard InChI is InChI=1S/C23H25ClN4O5S/c1-3-28-16(10-14(2)26-28)7-9-32-23(31)27-8-6-18-22(34-13-25-18)21(27)17-11-15(24)4-5-19(17)33-12-20(29)30/h4-5,10-11,13,21H,3,6-9,12H2,1-2H3,(H,29,30). The van der Waals surface area contributed by atoms with E-state index in [0.717, 1.165) is 28.5 Å². The first-order valence-electron chi connectivity index (χ1n) is 10.9. The van der Waals surface area contributed by atoms with Crippen LogP contribution in [0.3, 0.4) is 0 Å². The summed E-state index contributed by atoms with van der Waals surface area (Å²) in [5.74, 6) is -0.751. The van der Waals surface area contributed by atoms with Crippen molar-refractivity contribution in [1.82, 2.24) is 19.7 Å². The van der Waals surface area contributed by atoms with Crippen LogP contribution in [0.5, 0.6) is 5.75 Å². The normalized spacial score (nSPS) is 15.1. The number of hydrogen-bond donors (Lipinski definition) is 1. The van der Waals surface area contributed by atoms with Gasteiger partial charge in [0.25, 0.3) is 0 Å². The van der Waals surface area contributed by atoms with Crippen molar-refractivity contribution in [3.63, 3.8) is 0 Å². The van der Waals surface area contributed by atoms with Crippen molar-refractivity contribution in [3.05, 3.63) is 62.3 Å². The van der Waals surface area contributed by atoms with Crippen molar-refractivity contribution in [2.75, 3.05) is 19.8 Å². The molecule has 2 aromatic heterocycles. The monoisotopic (exact) mass is 504 g/mol. The fourth-order valence-electron chi connectivity index (χ4n) is 4.10. The number of amides is 1. The van der Waals surface area contributed by atoms with Gasteiger partial charge in [0.2, 0.25) is 0 Å². The second-order valence-electron chi connectivity index (χ2n) is 7.83. The molecule has 1 amide bonds. The number of carbonyl (C=O) groups is 2. The third-order valence-electron chi connectivity index (χ3n) is 5.54. The van der Waals surface area contributed by atoms with Crippen molar-refractivity contribution in [3.8, 4) is 5.75 Å². The molecule has 3 aromatic rings. The van der Waals surface area contributed by atoms with Crippen molar-refractivity contribution in [2.24, 2.45) is 0 Å². The number of carboxylic acids is 1. The Morgan fingerprint density at radius 3 is 2.91 bits per heavy atom. The molecule has 3 heterocycles. The number of aromatic nitrogens is 3. The number of aliphatic carboxylic acids is 1. The van der Waals surface area contributed by atoms with E-state index in [2.05, 4.69) is 10.1 Å². The molecule has 0 bridgehead atoms. The quantitative estimate of drug-likeness (QED) is 0.492. The molecule has 0 saturated carbocycles. The first-order valence-corrected chi connectivity index (χ1v) is 12.2. The van der Waals surface area contributed by atoms with Crippen LogP contribution < -0.4 is 4.74 Å². The molecule has 180 valence electrons. The predicted octanol–water partition coefficient (Wildman–Crippen LogP) is 4.11. The summed E-state index contributed by atoms with van der Waals surface area (Å²) >= 11 is 7.71. The van der Waals surface area contributed by atoms with Gasteiger partial charge in [-0.25, -0.2) is 14.6 Å². The summed E-state index contributed by atoms with van der Waals surface area (Å²) in [6.07, 6.45) is 0.681. The lowest BCUT2D eigenvalue weighted by Gasteiger charge is -2.35. The van der Waals surface area contributed by atoms with Crippen molar-refractivity contribution < 1.29 is 24.2 Å². The molecule has 1 atom stereocenters. The summed E-state index contributed by atoms with van der Waals surface area (Å²) in [6.45, 7) is 4.79. The van der Waals surface area contributed by atoms with Gasteiger partial charge in [-0.05, 0) is 38.1 Å². The minimum Gasteiger partial charge on any atom is -0.482 e. The number of fused-ring (bicyclic) bond motifs is 1. The number of carboxylic acid groups (broad SMARTS) is 1. The molecule has 0 saturated heterocycles. The van der Waals surface area contributed by atoms with Crippen LogP contribution in [-0.4, -0.2) is 56.6 Å². The second kappa shape index (κ2) is 10.4. The molecule has 11 heteroatoms. The summed E-state index contributed by atoms with van der Waals surface area (Å²) < 4.78 is 13.1. The first kappa shape index (κ1) is 24.0. The molecular formula is C23H25ClN4O5S. The van der Waals surface area contributed by atoms with E-state index in [-0.39, 0.29) is 6.61 Å². The Hall–Kier alpha value is -3.11. The number of benzene rings is 1. The Morgan fingerprint density at radius 2 is 2.15 bits per heavy atom. The van der Waals surface area contributed by atoms with E-state index in [1.807, 2.05) is 24.6 Å². The Kier molecular flexibility index (Phi) is 7.38. The van der Waals surface area contributed by atoms with Crippen LogP contribution in [0.4, 0.5) is 4.79 Å². The SMILES string of the molecule is CCn1nc(C)cc1CCOC(=O)N1CCc2ncsc2C1c1cc(Cl)ccc1OCC(=O)O. The lowest BCUT2D eigenvalue weighted by Crippen LogP contribution is -2.41. The fourth-order valence-corrected chi connectivity index (χ4v) is 5.24. The van der Waals surface area contributed by atoms with Gasteiger partial charge in [0.15, 0.2) is 6.61 Å². The van der Waals surface area contributed by atoms with Crippen LogP contribution in [0, 0.1) is 6.92 Å². The number of thiazole rings is 1. The minimum atomic E-state index is -1.10. The smallest absolute Gasteiger partial charge is 0.410 e. The number of halogens is 1. The summed E-state index contributed by atoms with van der Waals surface area (Å²) in [5.41, 5.74) is 5.16. The Bertz CT molecular complexity index is 1190. The maximum atomic E-state index is 13.2. The van der Waals surface area contributed by atoms with Gasteiger partial charge in [-0.3, -0.25) is 9.58 Å². The van der Waals surface area contributed by atoms with Crippen molar-refractivity contribution >= 4 is 35.0 Å². The third kappa shape index (κ3) is 5.18. The van der Waals surface area contributed by atoms with Crippen molar-refractivity contribution in [2.45, 2.75) is 39.3 Å². The highest BCUT2D eigenvalue weighted by molar-refractivity contribution is 7.09. The predicted molar refractivity (Wildman–Crippen MR) is 127 cm³/mol. The molecule has 1 aliphatic heterocycles. The van der Waals surface area contributed by atoms with Gasteiger partial charge >= 0.3 is 12.1 Å². The van der Waals surface area contributed by atoms with Gasteiger partial charge < -0.3 is 14.6 Å². The van der Waals surface area contributed by atoms with Gasteiger partial charge in [-0.1, -0.05) is 11.6 Å². The molecule has 0 fully saturated rings. The van der Waals surface area contributed by atoms with E-state index in [1.54, 1.807) is 28.6 Å². The summed E-state index contributed by atoms with van der Waals surface area (Å²) in [4.78, 5) is 31.3. The Morgan fingerprint density at radius 1 is 1.32 bits per heavy atom. The molecule has 9 nitrogen and oxygen atoms in total. The maximum Gasteiger partial charge on any atom is 0.410 e. The highest BCUT2D eigenvalue weighted by atomic mass is 35.5. The summed E-state index contributed by atoms with van der Waals surface area (Å²) in [7, 11) is 0. The highest BCUT2D eigenvalue weighted by Gasteiger charge is 2.37. The lowest BCUT2D eigenvalue weighted by atomic mass is 9.97. The van der Waals surface area contributed by atoms with E-state index < -0.39 is 24.7 Å². The van der Waals surface area contributed by atoms with Crippen LogP contribution in [0.2, 0.25) is 5.02 Å². The number of ether oxygens (including phenoxy) is 2. The van der Waals surface area contributed by atoms with E-state index >= 15 is 0 Å². The van der Waals surface area contributed by atoms with E-state index in [4.69, 9.17) is 26.2 Å². The third-order valence-corrected chi connectivity index (χ3v) is 6.70. The van der Waals surface area contributed by atoms with Gasteiger partial charge in [0, 0.05) is 42.2 Å². The number of nitrogens with zero attached hydrogens (tertiary/aromatic N) is 4. The lowest BCUT2D eigenvalue weighted by molar-refractivity contribution is -0.139. The average molecular weight is 505 g/mol. The highest BCUT2D eigenvalue weighted by Crippen LogP contribution is 2.42. The van der Waals surface area contributed by atoms with Crippen molar-refractivity contribution in [1.29, 1.82) is 0 Å². The first-order chi connectivity index (χ1) is 16.4. The molecule has 0 aliphatic carbocycles. The zero-order valence-electron chi connectivity index (χ0n) is 18.9. The number of hydrogen-bond acceptors (Lipinski definition) is 7. The summed E-state index contributed by atoms with van der Waals surface area (Å²) in [6, 6.07) is 6.38. The molecule has 4 rings (SSSR count). The van der Waals surface area contributed by atoms with Gasteiger partial charge in [-0.2, -0.15) is 5.10 Å². The largest absolute Gasteiger partial charge is 0.482 e. The van der Waals surface area contributed by atoms with Crippen LogP contribution in [0.1, 0.15) is 40.5 Å². The van der Waals surface area contributed by atoms with E-state index in [9.17, 15) is 9.59 Å². The molecule has 1 unspecified atom stereocenters. The van der Waals surface area contributed by atoms with Gasteiger partial charge in [0.05, 0.1) is 28.4 Å². The molecule has 1 aliphatic rings. The van der Waals surface area contributed by atoms with Crippen LogP contribution in [0.25, 0.3) is 0 Å². The average Bonchev–Trinajstić information content (AvgIpc) is 3.43. The number of aryl methyl sites for hydroxylation is 2. The maximum absolute atomic E-state index is 13.2. The molecule has 1 aromatic carbocycles. The van der Waals surface area contributed by atoms with Crippen LogP contribution in [0.15, 0.2) is 29.8 Å². The Balaban J connectivity index is 1.58. The molecule has 0 radical (unpaired) electrons. The molecule has 1 N–H and O–H groups in total. The number of rotatable bonds is 8. The fraction of sp³-hybridized carbons (Fsp3) is 0.391. The molecule has 34 heavy (non-hydrogen) atoms. The topological polar surface area (TPSA) is 107 Å². The van der Waals surface area contributed by atoms with Crippen LogP contribution in [-0.2, 0) is 28.9 Å². The molecular weight excluding hydrogens is 480 g/mol.